The molecule has 1 aromatic rings. The van der Waals surface area contributed by atoms with E-state index in [2.05, 4.69) is 30.9 Å². The molecule has 0 radical (unpaired) electrons. The average Bonchev–Trinajstić information content (AvgIpc) is 2.48. The molecule has 1 aromatic heterocycles. The van der Waals surface area contributed by atoms with Crippen LogP contribution in [0.5, 0.6) is 0 Å². The summed E-state index contributed by atoms with van der Waals surface area (Å²) in [4.78, 5) is 14.8. The lowest BCUT2D eigenvalue weighted by atomic mass is 9.82. The number of carbonyl (C=O) groups excluding carboxylic acids is 1. The van der Waals surface area contributed by atoms with E-state index < -0.39 is 5.91 Å². The summed E-state index contributed by atoms with van der Waals surface area (Å²) < 4.78 is 5.08. The van der Waals surface area contributed by atoms with Gasteiger partial charge in [-0.25, -0.2) is 0 Å². The largest absolute Gasteiger partial charge is 0.369 e. The van der Waals surface area contributed by atoms with Crippen molar-refractivity contribution in [1.29, 1.82) is 0 Å². The lowest BCUT2D eigenvalue weighted by Crippen LogP contribution is -2.16. The molecule has 0 aliphatic rings. The second-order valence-corrected chi connectivity index (χ2v) is 4.78. The van der Waals surface area contributed by atoms with Gasteiger partial charge in [-0.3, -0.25) is 4.79 Å². The van der Waals surface area contributed by atoms with E-state index in [-0.39, 0.29) is 17.8 Å². The highest BCUT2D eigenvalue weighted by Crippen LogP contribution is 2.33. The Morgan fingerprint density at radius 1 is 1.53 bits per heavy atom. The van der Waals surface area contributed by atoms with Crippen LogP contribution in [0.15, 0.2) is 4.52 Å². The first kappa shape index (κ1) is 11.7. The molecule has 1 atom stereocenters. The van der Waals surface area contributed by atoms with Crippen molar-refractivity contribution in [2.45, 2.75) is 40.0 Å². The van der Waals surface area contributed by atoms with Crippen LogP contribution in [0.1, 0.15) is 45.3 Å². The average molecular weight is 211 g/mol. The maximum absolute atomic E-state index is 10.6. The summed E-state index contributed by atoms with van der Waals surface area (Å²) >= 11 is 0. The van der Waals surface area contributed by atoms with Crippen LogP contribution in [0, 0.1) is 5.41 Å². The Hall–Kier alpha value is -1.39. The van der Waals surface area contributed by atoms with Gasteiger partial charge in [-0.05, 0) is 5.41 Å². The summed E-state index contributed by atoms with van der Waals surface area (Å²) in [5.41, 5.74) is 5.09. The first-order valence-corrected chi connectivity index (χ1v) is 4.91. The molecule has 84 valence electrons. The van der Waals surface area contributed by atoms with Crippen LogP contribution in [-0.4, -0.2) is 16.0 Å². The van der Waals surface area contributed by atoms with Crippen LogP contribution >= 0.6 is 0 Å². The molecule has 1 unspecified atom stereocenters. The number of nitrogens with zero attached hydrogens (tertiary/aromatic N) is 2. The molecule has 0 saturated heterocycles. The lowest BCUT2D eigenvalue weighted by molar-refractivity contribution is -0.117. The molecule has 2 N–H and O–H groups in total. The Bertz CT molecular complexity index is 352. The van der Waals surface area contributed by atoms with Gasteiger partial charge in [0.2, 0.25) is 11.8 Å². The van der Waals surface area contributed by atoms with Gasteiger partial charge in [0.15, 0.2) is 5.82 Å². The number of primary amides is 1. The molecule has 0 aliphatic carbocycles. The van der Waals surface area contributed by atoms with Crippen LogP contribution in [-0.2, 0) is 11.2 Å². The molecule has 15 heavy (non-hydrogen) atoms. The molecule has 0 bridgehead atoms. The summed E-state index contributed by atoms with van der Waals surface area (Å²) in [6.45, 7) is 8.29. The first-order chi connectivity index (χ1) is 6.80. The Balaban J connectivity index is 2.80. The number of hydrogen-bond acceptors (Lipinski definition) is 4. The quantitative estimate of drug-likeness (QED) is 0.815. The summed E-state index contributed by atoms with van der Waals surface area (Å²) in [7, 11) is 0. The zero-order chi connectivity index (χ0) is 11.6. The van der Waals surface area contributed by atoms with E-state index in [9.17, 15) is 4.79 Å². The van der Waals surface area contributed by atoms with Gasteiger partial charge in [0, 0.05) is 5.92 Å². The minimum atomic E-state index is -0.453. The van der Waals surface area contributed by atoms with Gasteiger partial charge in [0.1, 0.15) is 0 Å². The predicted octanol–water partition coefficient (Wildman–Crippen LogP) is 1.25. The first-order valence-electron chi connectivity index (χ1n) is 4.91. The van der Waals surface area contributed by atoms with Gasteiger partial charge in [0.05, 0.1) is 6.42 Å². The molecule has 1 amide bonds. The molecule has 0 fully saturated rings. The van der Waals surface area contributed by atoms with E-state index in [0.717, 1.165) is 0 Å². The highest BCUT2D eigenvalue weighted by atomic mass is 16.5. The van der Waals surface area contributed by atoms with Crippen molar-refractivity contribution in [1.82, 2.24) is 10.1 Å². The molecule has 0 aliphatic heterocycles. The second kappa shape index (κ2) is 4.00. The molecular weight excluding hydrogens is 194 g/mol. The van der Waals surface area contributed by atoms with Crippen molar-refractivity contribution in [3.05, 3.63) is 11.7 Å². The summed E-state index contributed by atoms with van der Waals surface area (Å²) in [5.74, 6) is 0.602. The Kier molecular flexibility index (Phi) is 3.12. The van der Waals surface area contributed by atoms with E-state index in [0.29, 0.717) is 11.7 Å². The third-order valence-electron chi connectivity index (χ3n) is 2.49. The third kappa shape index (κ3) is 3.04. The number of aromatic nitrogens is 2. The third-order valence-corrected chi connectivity index (χ3v) is 2.49. The normalized spacial score (nSPS) is 13.9. The SMILES string of the molecule is CC(c1nc(CC(N)=O)no1)C(C)(C)C. The van der Waals surface area contributed by atoms with Gasteiger partial charge in [-0.2, -0.15) is 4.98 Å². The molecule has 1 rings (SSSR count). The van der Waals surface area contributed by atoms with Crippen LogP contribution < -0.4 is 5.73 Å². The van der Waals surface area contributed by atoms with E-state index in [4.69, 9.17) is 10.3 Å². The molecule has 5 nitrogen and oxygen atoms in total. The van der Waals surface area contributed by atoms with Crippen LogP contribution in [0.4, 0.5) is 0 Å². The fraction of sp³-hybridized carbons (Fsp3) is 0.700. The van der Waals surface area contributed by atoms with E-state index in [1.807, 2.05) is 6.92 Å². The fourth-order valence-corrected chi connectivity index (χ4v) is 1.04. The van der Waals surface area contributed by atoms with E-state index >= 15 is 0 Å². The molecule has 5 heteroatoms. The molecule has 1 heterocycles. The number of hydrogen-bond donors (Lipinski definition) is 1. The summed E-state index contributed by atoms with van der Waals surface area (Å²) in [5, 5.41) is 3.70. The topological polar surface area (TPSA) is 82.0 Å². The van der Waals surface area contributed by atoms with Crippen LogP contribution in [0.3, 0.4) is 0 Å². The van der Waals surface area contributed by atoms with Crippen LogP contribution in [0.25, 0.3) is 0 Å². The minimum Gasteiger partial charge on any atom is -0.369 e. The van der Waals surface area contributed by atoms with Crippen LogP contribution in [0.2, 0.25) is 0 Å². The molecule has 0 aromatic carbocycles. The lowest BCUT2D eigenvalue weighted by Gasteiger charge is -2.23. The van der Waals surface area contributed by atoms with Crippen molar-refractivity contribution < 1.29 is 9.32 Å². The number of carbonyl (C=O) groups is 1. The summed E-state index contributed by atoms with van der Waals surface area (Å²) in [6.07, 6.45) is 0.0281. The Morgan fingerprint density at radius 2 is 2.13 bits per heavy atom. The maximum Gasteiger partial charge on any atom is 0.230 e. The Morgan fingerprint density at radius 3 is 2.60 bits per heavy atom. The number of nitrogens with two attached hydrogens (primary N) is 1. The highest BCUT2D eigenvalue weighted by Gasteiger charge is 2.26. The van der Waals surface area contributed by atoms with Gasteiger partial charge >= 0.3 is 0 Å². The van der Waals surface area contributed by atoms with Crippen molar-refractivity contribution in [2.24, 2.45) is 11.1 Å². The zero-order valence-electron chi connectivity index (χ0n) is 9.57. The fourth-order valence-electron chi connectivity index (χ4n) is 1.04. The van der Waals surface area contributed by atoms with Gasteiger partial charge < -0.3 is 10.3 Å². The van der Waals surface area contributed by atoms with Gasteiger partial charge in [-0.15, -0.1) is 0 Å². The number of amides is 1. The van der Waals surface area contributed by atoms with Crippen molar-refractivity contribution in [3.8, 4) is 0 Å². The Labute approximate surface area is 89.0 Å². The van der Waals surface area contributed by atoms with E-state index in [1.165, 1.54) is 0 Å². The highest BCUT2D eigenvalue weighted by molar-refractivity contribution is 5.75. The van der Waals surface area contributed by atoms with Crippen molar-refractivity contribution in [3.63, 3.8) is 0 Å². The zero-order valence-corrected chi connectivity index (χ0v) is 9.57. The maximum atomic E-state index is 10.6. The van der Waals surface area contributed by atoms with E-state index in [1.54, 1.807) is 0 Å². The molecular formula is C10H17N3O2. The van der Waals surface area contributed by atoms with Gasteiger partial charge in [0.25, 0.3) is 0 Å². The minimum absolute atomic E-state index is 0.0281. The number of rotatable bonds is 3. The van der Waals surface area contributed by atoms with Gasteiger partial charge in [-0.1, -0.05) is 32.9 Å². The summed E-state index contributed by atoms with van der Waals surface area (Å²) in [6, 6.07) is 0. The predicted molar refractivity (Wildman–Crippen MR) is 55.1 cm³/mol. The second-order valence-electron chi connectivity index (χ2n) is 4.78. The van der Waals surface area contributed by atoms with Crippen molar-refractivity contribution >= 4 is 5.91 Å². The standard InChI is InChI=1S/C10H17N3O2/c1-6(10(2,3)4)9-12-8(13-15-9)5-7(11)14/h6H,5H2,1-4H3,(H2,11,14). The monoisotopic (exact) mass is 211 g/mol. The molecule has 0 saturated carbocycles. The smallest absolute Gasteiger partial charge is 0.230 e. The molecule has 0 spiro atoms. The van der Waals surface area contributed by atoms with Crippen molar-refractivity contribution in [2.75, 3.05) is 0 Å².